The molecule has 0 radical (unpaired) electrons. The molecule has 0 N–H and O–H groups in total. The minimum atomic E-state index is 0.413. The van der Waals surface area contributed by atoms with Crippen LogP contribution >= 0.6 is 0 Å². The zero-order valence-corrected chi connectivity index (χ0v) is 24.1. The van der Waals surface area contributed by atoms with E-state index in [-0.39, 0.29) is 0 Å². The standard InChI is InChI=1S/C33H56O/c1-10-34-21-33-18-14-24(22(2)3)28(33)25-11-12-27-30(7)16-13-23(4)29(5,6)26(30)15-17-32(27,9)31(25,8)19-20-33/h23-28H,2,10-21H2,1,3-9H3/t23-,24-,25+,26-,27+,28+,30-,31+,32+,33+/m0/s1. The van der Waals surface area contributed by atoms with Gasteiger partial charge in [0, 0.05) is 6.61 Å². The van der Waals surface area contributed by atoms with E-state index in [1.54, 1.807) is 0 Å². The average molecular weight is 469 g/mol. The van der Waals surface area contributed by atoms with E-state index in [9.17, 15) is 0 Å². The molecular weight excluding hydrogens is 412 g/mol. The van der Waals surface area contributed by atoms with Crippen LogP contribution in [0.3, 0.4) is 0 Å². The Hall–Kier alpha value is -0.300. The minimum Gasteiger partial charge on any atom is -0.381 e. The minimum absolute atomic E-state index is 0.413. The molecule has 0 heterocycles. The van der Waals surface area contributed by atoms with Crippen LogP contribution in [0.25, 0.3) is 0 Å². The quantitative estimate of drug-likeness (QED) is 0.373. The second-order valence-electron chi connectivity index (χ2n) is 15.4. The van der Waals surface area contributed by atoms with Crippen LogP contribution in [0.2, 0.25) is 0 Å². The summed E-state index contributed by atoms with van der Waals surface area (Å²) in [6.45, 7) is 27.0. The van der Waals surface area contributed by atoms with Crippen molar-refractivity contribution in [3.05, 3.63) is 12.2 Å². The van der Waals surface area contributed by atoms with Crippen molar-refractivity contribution in [3.63, 3.8) is 0 Å². The van der Waals surface area contributed by atoms with E-state index in [2.05, 4.69) is 62.0 Å². The van der Waals surface area contributed by atoms with Crippen molar-refractivity contribution >= 4 is 0 Å². The fraction of sp³-hybridized carbons (Fsp3) is 0.939. The Balaban J connectivity index is 1.53. The van der Waals surface area contributed by atoms with Crippen LogP contribution in [0, 0.1) is 62.6 Å². The van der Waals surface area contributed by atoms with Crippen molar-refractivity contribution in [1.29, 1.82) is 0 Å². The van der Waals surface area contributed by atoms with Crippen molar-refractivity contribution in [2.24, 2.45) is 62.6 Å². The van der Waals surface area contributed by atoms with Crippen LogP contribution in [0.1, 0.15) is 120 Å². The Morgan fingerprint density at radius 2 is 1.56 bits per heavy atom. The molecular formula is C33H56O. The number of fused-ring (bicyclic) bond motifs is 7. The monoisotopic (exact) mass is 468 g/mol. The van der Waals surface area contributed by atoms with Crippen molar-refractivity contribution in [2.45, 2.75) is 120 Å². The van der Waals surface area contributed by atoms with Gasteiger partial charge in [-0.2, -0.15) is 0 Å². The molecule has 0 amide bonds. The van der Waals surface area contributed by atoms with Gasteiger partial charge in [-0.15, -0.1) is 0 Å². The highest BCUT2D eigenvalue weighted by molar-refractivity contribution is 5.21. The Kier molecular flexibility index (Phi) is 6.04. The summed E-state index contributed by atoms with van der Waals surface area (Å²) in [6.07, 6.45) is 14.3. The zero-order valence-electron chi connectivity index (χ0n) is 24.1. The largest absolute Gasteiger partial charge is 0.381 e. The van der Waals surface area contributed by atoms with Gasteiger partial charge in [-0.05, 0) is 141 Å². The molecule has 0 aromatic carbocycles. The molecule has 0 spiro atoms. The Bertz CT molecular complexity index is 811. The highest BCUT2D eigenvalue weighted by atomic mass is 16.5. The maximum absolute atomic E-state index is 6.24. The molecule has 0 unspecified atom stereocenters. The highest BCUT2D eigenvalue weighted by Gasteiger charge is 2.70. The zero-order chi connectivity index (χ0) is 24.7. The van der Waals surface area contributed by atoms with E-state index in [0.717, 1.165) is 42.8 Å². The van der Waals surface area contributed by atoms with Gasteiger partial charge >= 0.3 is 0 Å². The molecule has 5 aliphatic rings. The van der Waals surface area contributed by atoms with Crippen molar-refractivity contribution in [3.8, 4) is 0 Å². The van der Waals surface area contributed by atoms with Crippen molar-refractivity contribution in [1.82, 2.24) is 0 Å². The third kappa shape index (κ3) is 3.13. The number of allylic oxidation sites excluding steroid dienone is 1. The summed E-state index contributed by atoms with van der Waals surface area (Å²) in [5.41, 5.74) is 3.84. The van der Waals surface area contributed by atoms with Crippen molar-refractivity contribution in [2.75, 3.05) is 13.2 Å². The van der Waals surface area contributed by atoms with Gasteiger partial charge < -0.3 is 4.74 Å². The Labute approximate surface area is 212 Å². The van der Waals surface area contributed by atoms with Crippen LogP contribution in [-0.2, 0) is 4.74 Å². The molecule has 1 heteroatoms. The molecule has 0 saturated heterocycles. The molecule has 5 rings (SSSR count). The number of rotatable bonds is 4. The van der Waals surface area contributed by atoms with Crippen LogP contribution in [0.4, 0.5) is 0 Å². The van der Waals surface area contributed by atoms with E-state index in [4.69, 9.17) is 4.74 Å². The van der Waals surface area contributed by atoms with E-state index < -0.39 is 0 Å². The van der Waals surface area contributed by atoms with Crippen LogP contribution in [0.5, 0.6) is 0 Å². The van der Waals surface area contributed by atoms with Gasteiger partial charge in [0.15, 0.2) is 0 Å². The molecule has 10 atom stereocenters. The molecule has 1 nitrogen and oxygen atoms in total. The summed E-state index contributed by atoms with van der Waals surface area (Å²) >= 11 is 0. The summed E-state index contributed by atoms with van der Waals surface area (Å²) in [7, 11) is 0. The molecule has 194 valence electrons. The second-order valence-corrected chi connectivity index (χ2v) is 15.4. The van der Waals surface area contributed by atoms with Crippen LogP contribution < -0.4 is 0 Å². The molecule has 0 bridgehead atoms. The summed E-state index contributed by atoms with van der Waals surface area (Å²) in [5.74, 6) is 5.02. The first-order valence-corrected chi connectivity index (χ1v) is 15.1. The van der Waals surface area contributed by atoms with Gasteiger partial charge in [0.2, 0.25) is 0 Å². The summed E-state index contributed by atoms with van der Waals surface area (Å²) in [6, 6.07) is 0. The fourth-order valence-corrected chi connectivity index (χ4v) is 12.0. The summed E-state index contributed by atoms with van der Waals surface area (Å²) in [5, 5.41) is 0. The van der Waals surface area contributed by atoms with Gasteiger partial charge in [-0.25, -0.2) is 0 Å². The Morgan fingerprint density at radius 3 is 2.24 bits per heavy atom. The fourth-order valence-electron chi connectivity index (χ4n) is 12.0. The van der Waals surface area contributed by atoms with Crippen molar-refractivity contribution < 1.29 is 4.74 Å². The van der Waals surface area contributed by atoms with Gasteiger partial charge in [-0.1, -0.05) is 53.7 Å². The lowest BCUT2D eigenvalue weighted by Crippen LogP contribution is -2.66. The molecule has 34 heavy (non-hydrogen) atoms. The maximum Gasteiger partial charge on any atom is 0.0525 e. The molecule has 0 aromatic heterocycles. The smallest absolute Gasteiger partial charge is 0.0525 e. The highest BCUT2D eigenvalue weighted by Crippen LogP contribution is 2.77. The normalized spacial score (nSPS) is 53.9. The lowest BCUT2D eigenvalue weighted by atomic mass is 9.32. The van der Waals surface area contributed by atoms with Crippen LogP contribution in [-0.4, -0.2) is 13.2 Å². The first-order valence-electron chi connectivity index (χ1n) is 15.1. The SMILES string of the molecule is C=C(C)[C@@H]1CC[C@]2(COCC)CC[C@]3(C)[C@H](CC[C@@H]4[C@@]5(C)CC[C@H](C)C(C)(C)[C@@H]5CC[C@]43C)[C@@H]12. The van der Waals surface area contributed by atoms with Gasteiger partial charge in [0.1, 0.15) is 0 Å². The lowest BCUT2D eigenvalue weighted by Gasteiger charge is -2.73. The summed E-state index contributed by atoms with van der Waals surface area (Å²) < 4.78 is 6.24. The lowest BCUT2D eigenvalue weighted by molar-refractivity contribution is -0.244. The third-order valence-corrected chi connectivity index (χ3v) is 14.4. The van der Waals surface area contributed by atoms with Gasteiger partial charge in [0.25, 0.3) is 0 Å². The number of hydrogen-bond donors (Lipinski definition) is 0. The number of hydrogen-bond acceptors (Lipinski definition) is 1. The molecule has 5 aliphatic carbocycles. The van der Waals surface area contributed by atoms with E-state index in [0.29, 0.717) is 33.0 Å². The van der Waals surface area contributed by atoms with E-state index >= 15 is 0 Å². The van der Waals surface area contributed by atoms with E-state index in [1.807, 2.05) is 0 Å². The maximum atomic E-state index is 6.24. The second kappa shape index (κ2) is 8.10. The molecule has 0 aliphatic heterocycles. The molecule has 5 fully saturated rings. The van der Waals surface area contributed by atoms with Gasteiger partial charge in [-0.3, -0.25) is 0 Å². The summed E-state index contributed by atoms with van der Waals surface area (Å²) in [4.78, 5) is 0. The molecule has 0 aromatic rings. The predicted molar refractivity (Wildman–Crippen MR) is 145 cm³/mol. The van der Waals surface area contributed by atoms with E-state index in [1.165, 1.54) is 69.8 Å². The average Bonchev–Trinajstić information content (AvgIpc) is 3.16. The first kappa shape index (κ1) is 25.4. The topological polar surface area (TPSA) is 9.23 Å². The molecule has 5 saturated carbocycles. The Morgan fingerprint density at radius 1 is 0.824 bits per heavy atom. The van der Waals surface area contributed by atoms with Crippen LogP contribution in [0.15, 0.2) is 12.2 Å². The van der Waals surface area contributed by atoms with Gasteiger partial charge in [0.05, 0.1) is 6.61 Å². The predicted octanol–water partition coefficient (Wildman–Crippen LogP) is 9.32. The number of ether oxygens (including phenoxy) is 1. The first-order chi connectivity index (χ1) is 15.9. The third-order valence-electron chi connectivity index (χ3n) is 14.4.